The van der Waals surface area contributed by atoms with E-state index in [1.807, 2.05) is 30.3 Å². The highest BCUT2D eigenvalue weighted by molar-refractivity contribution is 5.78. The van der Waals surface area contributed by atoms with Crippen LogP contribution in [0.4, 0.5) is 26.3 Å². The molecule has 1 amide bonds. The molecule has 0 bridgehead atoms. The topological polar surface area (TPSA) is 53.3 Å². The smallest absolute Gasteiger partial charge is 0.373 e. The molecule has 210 valence electrons. The van der Waals surface area contributed by atoms with E-state index in [2.05, 4.69) is 6.07 Å². The lowest BCUT2D eigenvalue weighted by atomic mass is 9.64. The van der Waals surface area contributed by atoms with Crippen molar-refractivity contribution >= 4 is 5.91 Å². The van der Waals surface area contributed by atoms with Crippen LogP contribution in [0, 0.1) is 11.3 Å². The second-order valence-electron chi connectivity index (χ2n) is 10.6. The SMILES string of the molecule is C[C@@H](OCC1(c2ccccc2)CCC(C#N)(N2CCCCC2=O)CC1)c1cc(C(F)(F)F)cc(C(F)(F)F)c1. The number of likely N-dealkylation sites (tertiary alicyclic amines) is 1. The van der Waals surface area contributed by atoms with Crippen molar-refractivity contribution in [3.05, 3.63) is 70.8 Å². The average molecular weight is 553 g/mol. The number of ether oxygens (including phenoxy) is 1. The van der Waals surface area contributed by atoms with E-state index in [1.165, 1.54) is 6.92 Å². The van der Waals surface area contributed by atoms with Crippen LogP contribution in [0.1, 0.15) is 80.2 Å². The molecule has 1 aliphatic carbocycles. The number of hydrogen-bond acceptors (Lipinski definition) is 3. The second kappa shape index (κ2) is 10.8. The lowest BCUT2D eigenvalue weighted by Crippen LogP contribution is -2.56. The Labute approximate surface area is 223 Å². The highest BCUT2D eigenvalue weighted by Gasteiger charge is 2.49. The van der Waals surface area contributed by atoms with Gasteiger partial charge in [-0.3, -0.25) is 4.79 Å². The first kappa shape index (κ1) is 28.9. The second-order valence-corrected chi connectivity index (χ2v) is 10.6. The summed E-state index contributed by atoms with van der Waals surface area (Å²) in [5.41, 5.74) is -3.64. The molecule has 1 atom stereocenters. The van der Waals surface area contributed by atoms with Crippen molar-refractivity contribution in [3.63, 3.8) is 0 Å². The van der Waals surface area contributed by atoms with Crippen molar-refractivity contribution in [1.82, 2.24) is 4.90 Å². The van der Waals surface area contributed by atoms with Crippen molar-refractivity contribution < 1.29 is 35.9 Å². The molecular formula is C29H30F6N2O2. The summed E-state index contributed by atoms with van der Waals surface area (Å²) in [6.45, 7) is 1.99. The van der Waals surface area contributed by atoms with Crippen LogP contribution in [0.25, 0.3) is 0 Å². The number of rotatable bonds is 6. The first-order valence-electron chi connectivity index (χ1n) is 13.0. The van der Waals surface area contributed by atoms with Crippen molar-refractivity contribution in [2.45, 2.75) is 81.3 Å². The van der Waals surface area contributed by atoms with E-state index in [4.69, 9.17) is 4.74 Å². The van der Waals surface area contributed by atoms with Crippen LogP contribution in [0.5, 0.6) is 0 Å². The first-order chi connectivity index (χ1) is 18.3. The summed E-state index contributed by atoms with van der Waals surface area (Å²) < 4.78 is 86.3. The molecule has 2 fully saturated rings. The summed E-state index contributed by atoms with van der Waals surface area (Å²) in [6.07, 6.45) is -7.19. The molecule has 4 rings (SSSR count). The minimum Gasteiger partial charge on any atom is -0.373 e. The number of nitriles is 1. The fraction of sp³-hybridized carbons (Fsp3) is 0.517. The van der Waals surface area contributed by atoms with Gasteiger partial charge in [-0.25, -0.2) is 0 Å². The number of carbonyl (C=O) groups is 1. The third-order valence-corrected chi connectivity index (χ3v) is 8.16. The maximum absolute atomic E-state index is 13.4. The van der Waals surface area contributed by atoms with Crippen LogP contribution in [0.2, 0.25) is 0 Å². The Morgan fingerprint density at radius 1 is 0.949 bits per heavy atom. The summed E-state index contributed by atoms with van der Waals surface area (Å²) in [7, 11) is 0. The largest absolute Gasteiger partial charge is 0.416 e. The van der Waals surface area contributed by atoms with Crippen LogP contribution >= 0.6 is 0 Å². The molecule has 2 aromatic rings. The normalized spacial score (nSPS) is 25.3. The number of alkyl halides is 6. The molecule has 0 aromatic heterocycles. The van der Waals surface area contributed by atoms with Crippen LogP contribution in [0.15, 0.2) is 48.5 Å². The number of hydrogen-bond donors (Lipinski definition) is 0. The molecule has 1 saturated heterocycles. The van der Waals surface area contributed by atoms with Crippen LogP contribution in [0.3, 0.4) is 0 Å². The van der Waals surface area contributed by atoms with Crippen molar-refractivity contribution in [2.75, 3.05) is 13.2 Å². The number of benzene rings is 2. The average Bonchev–Trinajstić information content (AvgIpc) is 2.91. The maximum Gasteiger partial charge on any atom is 0.416 e. The van der Waals surface area contributed by atoms with Crippen LogP contribution in [-0.2, 0) is 27.3 Å². The first-order valence-corrected chi connectivity index (χ1v) is 13.0. The molecule has 2 aliphatic rings. The molecule has 10 heteroatoms. The maximum atomic E-state index is 13.4. The number of nitrogens with zero attached hydrogens (tertiary/aromatic N) is 2. The van der Waals surface area contributed by atoms with Gasteiger partial charge in [-0.15, -0.1) is 0 Å². The lowest BCUT2D eigenvalue weighted by molar-refractivity contribution is -0.143. The predicted octanol–water partition coefficient (Wildman–Crippen LogP) is 7.59. The van der Waals surface area contributed by atoms with Crippen molar-refractivity contribution in [1.29, 1.82) is 5.26 Å². The van der Waals surface area contributed by atoms with Gasteiger partial charge in [-0.05, 0) is 74.8 Å². The number of halogens is 6. The van der Waals surface area contributed by atoms with Gasteiger partial charge in [0.1, 0.15) is 5.54 Å². The monoisotopic (exact) mass is 552 g/mol. The Bertz CT molecular complexity index is 1180. The molecule has 1 saturated carbocycles. The van der Waals surface area contributed by atoms with Gasteiger partial charge in [0.05, 0.1) is 29.9 Å². The molecule has 0 unspecified atom stereocenters. The minimum absolute atomic E-state index is 0.0330. The number of amides is 1. The minimum atomic E-state index is -4.95. The van der Waals surface area contributed by atoms with Gasteiger partial charge < -0.3 is 9.64 Å². The van der Waals surface area contributed by atoms with Gasteiger partial charge in [0.2, 0.25) is 5.91 Å². The zero-order valence-electron chi connectivity index (χ0n) is 21.5. The summed E-state index contributed by atoms with van der Waals surface area (Å²) in [4.78, 5) is 14.3. The Balaban J connectivity index is 1.60. The van der Waals surface area contributed by atoms with E-state index in [9.17, 15) is 36.4 Å². The Morgan fingerprint density at radius 3 is 2.05 bits per heavy atom. The van der Waals surface area contributed by atoms with Gasteiger partial charge in [0.15, 0.2) is 0 Å². The van der Waals surface area contributed by atoms with Crippen LogP contribution < -0.4 is 0 Å². The highest BCUT2D eigenvalue weighted by Crippen LogP contribution is 2.47. The summed E-state index contributed by atoms with van der Waals surface area (Å²) in [5.74, 6) is -0.0371. The molecular weight excluding hydrogens is 522 g/mol. The van der Waals surface area contributed by atoms with Crippen molar-refractivity contribution in [2.24, 2.45) is 0 Å². The Kier molecular flexibility index (Phi) is 8.04. The van der Waals surface area contributed by atoms with E-state index in [0.717, 1.165) is 18.4 Å². The highest BCUT2D eigenvalue weighted by atomic mass is 19.4. The third kappa shape index (κ3) is 6.08. The van der Waals surface area contributed by atoms with E-state index in [1.54, 1.807) is 4.90 Å². The Morgan fingerprint density at radius 2 is 1.54 bits per heavy atom. The third-order valence-electron chi connectivity index (χ3n) is 8.16. The van der Waals surface area contributed by atoms with Gasteiger partial charge >= 0.3 is 12.4 Å². The quantitative estimate of drug-likeness (QED) is 0.347. The van der Waals surface area contributed by atoms with Gasteiger partial charge in [0.25, 0.3) is 0 Å². The predicted molar refractivity (Wildman–Crippen MR) is 131 cm³/mol. The molecule has 1 aliphatic heterocycles. The van der Waals surface area contributed by atoms with E-state index < -0.39 is 40.5 Å². The fourth-order valence-corrected chi connectivity index (χ4v) is 5.75. The van der Waals surface area contributed by atoms with Gasteiger partial charge in [-0.1, -0.05) is 30.3 Å². The molecule has 0 radical (unpaired) electrons. The van der Waals surface area contributed by atoms with E-state index in [-0.39, 0.29) is 24.1 Å². The number of carbonyl (C=O) groups excluding carboxylic acids is 1. The summed E-state index contributed by atoms with van der Waals surface area (Å²) >= 11 is 0. The number of piperidine rings is 1. The molecule has 1 heterocycles. The molecule has 2 aromatic carbocycles. The molecule has 4 nitrogen and oxygen atoms in total. The molecule has 0 N–H and O–H groups in total. The lowest BCUT2D eigenvalue weighted by Gasteiger charge is -2.49. The molecule has 0 spiro atoms. The van der Waals surface area contributed by atoms with Crippen molar-refractivity contribution in [3.8, 4) is 6.07 Å². The standard InChI is InChI=1S/C29H30F6N2O2/c1-20(21-15-23(28(30,31)32)17-24(16-21)29(33,34)35)39-19-26(22-7-3-2-4-8-22)10-12-27(18-36,13-11-26)37-14-6-5-9-25(37)38/h2-4,7-8,15-17,20H,5-6,9-14,19H2,1H3/t20-,26?,27?/m1/s1. The zero-order valence-corrected chi connectivity index (χ0v) is 21.5. The zero-order chi connectivity index (χ0) is 28.5. The summed E-state index contributed by atoms with van der Waals surface area (Å²) in [6, 6.07) is 13.2. The fourth-order valence-electron chi connectivity index (χ4n) is 5.75. The van der Waals surface area contributed by atoms with Crippen LogP contribution in [-0.4, -0.2) is 29.5 Å². The molecule has 39 heavy (non-hydrogen) atoms. The summed E-state index contributed by atoms with van der Waals surface area (Å²) in [5, 5.41) is 10.1. The van der Waals surface area contributed by atoms with Gasteiger partial charge in [0, 0.05) is 18.4 Å². The van der Waals surface area contributed by atoms with E-state index >= 15 is 0 Å². The Hall–Kier alpha value is -3.06. The van der Waals surface area contributed by atoms with E-state index in [0.29, 0.717) is 50.8 Å². The van der Waals surface area contributed by atoms with Gasteiger partial charge in [-0.2, -0.15) is 31.6 Å².